The lowest BCUT2D eigenvalue weighted by atomic mass is 10.0. The van der Waals surface area contributed by atoms with Gasteiger partial charge >= 0.3 is 0 Å². The first-order valence-electron chi connectivity index (χ1n) is 6.64. The predicted molar refractivity (Wildman–Crippen MR) is 74.1 cm³/mol. The maximum Gasteiger partial charge on any atom is 0.131 e. The Morgan fingerprint density at radius 3 is 2.79 bits per heavy atom. The molecule has 1 unspecified atom stereocenters. The minimum Gasteiger partial charge on any atom is -0.394 e. The highest BCUT2D eigenvalue weighted by Crippen LogP contribution is 2.29. The third kappa shape index (κ3) is 2.75. The zero-order valence-corrected chi connectivity index (χ0v) is 12.2. The van der Waals surface area contributed by atoms with E-state index in [4.69, 9.17) is 10.5 Å². The van der Waals surface area contributed by atoms with E-state index in [0.717, 1.165) is 23.6 Å². The number of rotatable bonds is 3. The number of ether oxygens (including phenoxy) is 1. The number of nitrogens with zero attached hydrogens (tertiary/aromatic N) is 3. The van der Waals surface area contributed by atoms with E-state index in [9.17, 15) is 5.11 Å². The SMILES string of the molecule is Cc1nn(C)c(N2CC(CO)OC(C)(C)C2)c1CN. The van der Waals surface area contributed by atoms with Crippen LogP contribution < -0.4 is 10.6 Å². The molecule has 6 heteroatoms. The minimum atomic E-state index is -0.296. The second-order valence-corrected chi connectivity index (χ2v) is 5.78. The fourth-order valence-electron chi connectivity index (χ4n) is 2.88. The average Bonchev–Trinajstić information content (AvgIpc) is 2.61. The van der Waals surface area contributed by atoms with Crippen molar-refractivity contribution in [2.45, 2.75) is 39.0 Å². The first kappa shape index (κ1) is 14.3. The van der Waals surface area contributed by atoms with E-state index in [0.29, 0.717) is 13.1 Å². The van der Waals surface area contributed by atoms with Crippen molar-refractivity contribution in [1.82, 2.24) is 9.78 Å². The molecule has 0 radical (unpaired) electrons. The molecule has 0 saturated carbocycles. The molecule has 1 aliphatic heterocycles. The van der Waals surface area contributed by atoms with Gasteiger partial charge in [-0.2, -0.15) is 5.10 Å². The van der Waals surface area contributed by atoms with Gasteiger partial charge in [-0.15, -0.1) is 0 Å². The van der Waals surface area contributed by atoms with Crippen molar-refractivity contribution in [2.75, 3.05) is 24.6 Å². The summed E-state index contributed by atoms with van der Waals surface area (Å²) in [7, 11) is 1.93. The Hall–Kier alpha value is -1.11. The third-order valence-electron chi connectivity index (χ3n) is 3.50. The van der Waals surface area contributed by atoms with Crippen LogP contribution >= 0.6 is 0 Å². The van der Waals surface area contributed by atoms with E-state index < -0.39 is 0 Å². The molecule has 1 fully saturated rings. The Morgan fingerprint density at radius 2 is 2.21 bits per heavy atom. The Bertz CT molecular complexity index is 456. The van der Waals surface area contributed by atoms with Crippen LogP contribution in [0.3, 0.4) is 0 Å². The molecule has 0 amide bonds. The van der Waals surface area contributed by atoms with E-state index in [-0.39, 0.29) is 18.3 Å². The fraction of sp³-hybridized carbons (Fsp3) is 0.769. The number of anilines is 1. The van der Waals surface area contributed by atoms with Gasteiger partial charge in [-0.3, -0.25) is 4.68 Å². The average molecular weight is 268 g/mol. The minimum absolute atomic E-state index is 0.0225. The van der Waals surface area contributed by atoms with Crippen molar-refractivity contribution >= 4 is 5.82 Å². The standard InChI is InChI=1S/C13H24N4O2/c1-9-11(5-14)12(16(4)15-9)17-6-10(7-18)19-13(2,3)8-17/h10,18H,5-8,14H2,1-4H3. The molecule has 1 atom stereocenters. The van der Waals surface area contributed by atoms with Crippen molar-refractivity contribution in [1.29, 1.82) is 0 Å². The number of hydrogen-bond acceptors (Lipinski definition) is 5. The molecule has 6 nitrogen and oxygen atoms in total. The van der Waals surface area contributed by atoms with Gasteiger partial charge in [-0.1, -0.05) is 0 Å². The van der Waals surface area contributed by atoms with Crippen molar-refractivity contribution < 1.29 is 9.84 Å². The number of morpholine rings is 1. The Morgan fingerprint density at radius 1 is 1.53 bits per heavy atom. The van der Waals surface area contributed by atoms with Crippen molar-refractivity contribution in [3.05, 3.63) is 11.3 Å². The summed E-state index contributed by atoms with van der Waals surface area (Å²) < 4.78 is 7.71. The zero-order chi connectivity index (χ0) is 14.2. The van der Waals surface area contributed by atoms with Crippen LogP contribution in [-0.4, -0.2) is 46.3 Å². The van der Waals surface area contributed by atoms with Crippen LogP contribution in [-0.2, 0) is 18.3 Å². The van der Waals surface area contributed by atoms with Gasteiger partial charge < -0.3 is 20.5 Å². The van der Waals surface area contributed by atoms with Gasteiger partial charge in [0.2, 0.25) is 0 Å². The summed E-state index contributed by atoms with van der Waals surface area (Å²) in [6, 6.07) is 0. The number of aliphatic hydroxyl groups excluding tert-OH is 1. The number of aromatic nitrogens is 2. The molecule has 1 aliphatic rings. The lowest BCUT2D eigenvalue weighted by Gasteiger charge is -2.43. The second kappa shape index (κ2) is 5.11. The molecular weight excluding hydrogens is 244 g/mol. The summed E-state index contributed by atoms with van der Waals surface area (Å²) in [6.45, 7) is 7.95. The number of hydrogen-bond donors (Lipinski definition) is 2. The van der Waals surface area contributed by atoms with Crippen molar-refractivity contribution in [2.24, 2.45) is 12.8 Å². The molecule has 108 valence electrons. The first-order chi connectivity index (χ1) is 8.88. The molecule has 1 aromatic rings. The van der Waals surface area contributed by atoms with Crippen LogP contribution in [0.25, 0.3) is 0 Å². The molecule has 0 aliphatic carbocycles. The number of aliphatic hydroxyl groups is 1. The largest absolute Gasteiger partial charge is 0.394 e. The highest BCUT2D eigenvalue weighted by atomic mass is 16.5. The Balaban J connectivity index is 2.35. The van der Waals surface area contributed by atoms with Crippen LogP contribution in [0.4, 0.5) is 5.82 Å². The van der Waals surface area contributed by atoms with E-state index in [2.05, 4.69) is 10.00 Å². The molecule has 0 bridgehead atoms. The van der Waals surface area contributed by atoms with Gasteiger partial charge in [-0.25, -0.2) is 0 Å². The van der Waals surface area contributed by atoms with Gasteiger partial charge in [0, 0.05) is 32.2 Å². The van der Waals surface area contributed by atoms with Crippen LogP contribution in [0.1, 0.15) is 25.1 Å². The third-order valence-corrected chi connectivity index (χ3v) is 3.50. The topological polar surface area (TPSA) is 76.5 Å². The molecule has 0 aromatic carbocycles. The molecular formula is C13H24N4O2. The molecule has 3 N–H and O–H groups in total. The van der Waals surface area contributed by atoms with Gasteiger partial charge in [0.25, 0.3) is 0 Å². The van der Waals surface area contributed by atoms with Gasteiger partial charge in [0.15, 0.2) is 0 Å². The summed E-state index contributed by atoms with van der Waals surface area (Å²) in [4.78, 5) is 2.21. The lowest BCUT2D eigenvalue weighted by Crippen LogP contribution is -2.54. The normalized spacial score (nSPS) is 22.8. The molecule has 0 spiro atoms. The van der Waals surface area contributed by atoms with Crippen molar-refractivity contribution in [3.8, 4) is 0 Å². The molecule has 2 heterocycles. The van der Waals surface area contributed by atoms with Crippen LogP contribution in [0.5, 0.6) is 0 Å². The van der Waals surface area contributed by atoms with E-state index >= 15 is 0 Å². The summed E-state index contributed by atoms with van der Waals surface area (Å²) in [5.74, 6) is 1.04. The summed E-state index contributed by atoms with van der Waals surface area (Å²) in [5.41, 5.74) is 7.58. The second-order valence-electron chi connectivity index (χ2n) is 5.78. The smallest absolute Gasteiger partial charge is 0.131 e. The fourth-order valence-corrected chi connectivity index (χ4v) is 2.88. The predicted octanol–water partition coefficient (Wildman–Crippen LogP) is 0.163. The quantitative estimate of drug-likeness (QED) is 0.817. The van der Waals surface area contributed by atoms with Crippen LogP contribution in [0.2, 0.25) is 0 Å². The van der Waals surface area contributed by atoms with Gasteiger partial charge in [-0.05, 0) is 20.8 Å². The maximum absolute atomic E-state index is 9.39. The summed E-state index contributed by atoms with van der Waals surface area (Å²) in [5, 5.41) is 13.8. The van der Waals surface area contributed by atoms with Gasteiger partial charge in [0.1, 0.15) is 5.82 Å². The highest BCUT2D eigenvalue weighted by Gasteiger charge is 2.35. The molecule has 2 rings (SSSR count). The zero-order valence-electron chi connectivity index (χ0n) is 12.2. The summed E-state index contributed by atoms with van der Waals surface area (Å²) in [6.07, 6.45) is -0.176. The van der Waals surface area contributed by atoms with Crippen molar-refractivity contribution in [3.63, 3.8) is 0 Å². The maximum atomic E-state index is 9.39. The first-order valence-corrected chi connectivity index (χ1v) is 6.64. The number of nitrogens with two attached hydrogens (primary N) is 1. The Labute approximate surface area is 114 Å². The van der Waals surface area contributed by atoms with E-state index in [1.54, 1.807) is 0 Å². The molecule has 1 saturated heterocycles. The lowest BCUT2D eigenvalue weighted by molar-refractivity contribution is -0.101. The highest BCUT2D eigenvalue weighted by molar-refractivity contribution is 5.51. The number of aryl methyl sites for hydroxylation is 2. The molecule has 1 aromatic heterocycles. The van der Waals surface area contributed by atoms with E-state index in [1.807, 2.05) is 32.5 Å². The Kier molecular flexibility index (Phi) is 3.85. The van der Waals surface area contributed by atoms with E-state index in [1.165, 1.54) is 0 Å². The van der Waals surface area contributed by atoms with Crippen LogP contribution in [0.15, 0.2) is 0 Å². The monoisotopic (exact) mass is 268 g/mol. The van der Waals surface area contributed by atoms with Gasteiger partial charge in [0.05, 0.1) is 24.0 Å². The molecule has 19 heavy (non-hydrogen) atoms. The van der Waals surface area contributed by atoms with Crippen LogP contribution in [0, 0.1) is 6.92 Å². The summed E-state index contributed by atoms with van der Waals surface area (Å²) >= 11 is 0.